The van der Waals surface area contributed by atoms with E-state index in [2.05, 4.69) is 4.74 Å². The van der Waals surface area contributed by atoms with E-state index in [4.69, 9.17) is 4.74 Å². The number of esters is 2. The van der Waals surface area contributed by atoms with Crippen LogP contribution in [0.3, 0.4) is 0 Å². The van der Waals surface area contributed by atoms with Crippen molar-refractivity contribution in [2.45, 2.75) is 59.4 Å². The highest BCUT2D eigenvalue weighted by atomic mass is 16.6. The monoisotopic (exact) mass is 272 g/mol. The fourth-order valence-corrected chi connectivity index (χ4v) is 3.31. The molecule has 1 N–H and O–H groups in total. The third-order valence-corrected chi connectivity index (χ3v) is 3.77. The zero-order valence-electron chi connectivity index (χ0n) is 12.1. The number of rotatable bonds is 0. The molecule has 5 unspecified atom stereocenters. The Bertz CT molecular complexity index is 314. The van der Waals surface area contributed by atoms with Gasteiger partial charge < -0.3 is 14.6 Å². The van der Waals surface area contributed by atoms with Crippen LogP contribution in [0.5, 0.6) is 0 Å². The molecule has 3 rings (SSSR count). The Morgan fingerprint density at radius 2 is 1.58 bits per heavy atom. The first kappa shape index (κ1) is 16.1. The van der Waals surface area contributed by atoms with Crippen molar-refractivity contribution in [3.05, 3.63) is 0 Å². The van der Waals surface area contributed by atoms with E-state index in [1.54, 1.807) is 0 Å². The van der Waals surface area contributed by atoms with Crippen LogP contribution >= 0.6 is 0 Å². The summed E-state index contributed by atoms with van der Waals surface area (Å²) in [5.74, 6) is 0.987. The van der Waals surface area contributed by atoms with E-state index in [1.807, 2.05) is 13.8 Å². The predicted octanol–water partition coefficient (Wildman–Crippen LogP) is 1.87. The fourth-order valence-electron chi connectivity index (χ4n) is 3.31. The topological polar surface area (TPSA) is 72.8 Å². The van der Waals surface area contributed by atoms with Gasteiger partial charge in [0.15, 0.2) is 6.29 Å². The van der Waals surface area contributed by atoms with Crippen molar-refractivity contribution >= 4 is 11.9 Å². The van der Waals surface area contributed by atoms with Crippen LogP contribution in [0.25, 0.3) is 0 Å². The van der Waals surface area contributed by atoms with Crippen LogP contribution in [-0.4, -0.2) is 29.4 Å². The van der Waals surface area contributed by atoms with E-state index in [0.717, 1.165) is 11.8 Å². The molecule has 0 aromatic rings. The summed E-state index contributed by atoms with van der Waals surface area (Å²) in [4.78, 5) is 19.6. The number of hydrogen-bond acceptors (Lipinski definition) is 5. The zero-order chi connectivity index (χ0) is 14.6. The van der Waals surface area contributed by atoms with Gasteiger partial charge in [-0.2, -0.15) is 0 Å². The molecule has 2 aliphatic carbocycles. The zero-order valence-corrected chi connectivity index (χ0v) is 12.1. The average Bonchev–Trinajstić information content (AvgIpc) is 2.92. The van der Waals surface area contributed by atoms with Gasteiger partial charge in [0.2, 0.25) is 0 Å². The van der Waals surface area contributed by atoms with Crippen molar-refractivity contribution in [1.29, 1.82) is 0 Å². The Morgan fingerprint density at radius 3 is 1.89 bits per heavy atom. The van der Waals surface area contributed by atoms with Gasteiger partial charge in [-0.1, -0.05) is 13.8 Å². The molecule has 5 heteroatoms. The molecule has 19 heavy (non-hydrogen) atoms. The Kier molecular flexibility index (Phi) is 5.94. The van der Waals surface area contributed by atoms with Gasteiger partial charge >= 0.3 is 11.9 Å². The van der Waals surface area contributed by atoms with E-state index >= 15 is 0 Å². The van der Waals surface area contributed by atoms with E-state index < -0.39 is 18.2 Å². The van der Waals surface area contributed by atoms with Crippen molar-refractivity contribution in [2.75, 3.05) is 0 Å². The number of fused-ring (bicyclic) bond motifs is 1. The van der Waals surface area contributed by atoms with Crippen molar-refractivity contribution in [1.82, 2.24) is 0 Å². The lowest BCUT2D eigenvalue weighted by Gasteiger charge is -2.14. The van der Waals surface area contributed by atoms with Crippen LogP contribution in [0.2, 0.25) is 0 Å². The van der Waals surface area contributed by atoms with Crippen LogP contribution in [0, 0.1) is 17.8 Å². The molecule has 0 spiro atoms. The number of ether oxygens (including phenoxy) is 2. The molecule has 0 aromatic heterocycles. The first-order valence-electron chi connectivity index (χ1n) is 7.00. The summed E-state index contributed by atoms with van der Waals surface area (Å²) in [5, 5.41) is 9.37. The molecule has 5 nitrogen and oxygen atoms in total. The maximum Gasteiger partial charge on any atom is 0.310 e. The predicted molar refractivity (Wildman–Crippen MR) is 69.0 cm³/mol. The summed E-state index contributed by atoms with van der Waals surface area (Å²) >= 11 is 0. The largest absolute Gasteiger partial charge is 0.394 e. The molecule has 110 valence electrons. The summed E-state index contributed by atoms with van der Waals surface area (Å²) < 4.78 is 9.37. The minimum absolute atomic E-state index is 0.414. The quantitative estimate of drug-likeness (QED) is 0.538. The van der Waals surface area contributed by atoms with Crippen LogP contribution in [0.15, 0.2) is 0 Å². The van der Waals surface area contributed by atoms with Crippen molar-refractivity contribution in [3.63, 3.8) is 0 Å². The maximum absolute atomic E-state index is 9.81. The van der Waals surface area contributed by atoms with E-state index in [-0.39, 0.29) is 0 Å². The highest BCUT2D eigenvalue weighted by molar-refractivity contribution is 5.82. The Morgan fingerprint density at radius 1 is 1.05 bits per heavy atom. The number of carbonyl (C=O) groups excluding carboxylic acids is 2. The van der Waals surface area contributed by atoms with E-state index in [0.29, 0.717) is 12.0 Å². The summed E-state index contributed by atoms with van der Waals surface area (Å²) in [6, 6.07) is 0. The minimum atomic E-state index is -0.562. The van der Waals surface area contributed by atoms with E-state index in [9.17, 15) is 14.7 Å². The van der Waals surface area contributed by atoms with Gasteiger partial charge in [0.1, 0.15) is 0 Å². The summed E-state index contributed by atoms with van der Waals surface area (Å²) in [7, 11) is 0. The average molecular weight is 272 g/mol. The maximum atomic E-state index is 9.81. The second-order valence-corrected chi connectivity index (χ2v) is 5.05. The normalized spacial score (nSPS) is 36.8. The Balaban J connectivity index is 0.000000180. The van der Waals surface area contributed by atoms with Gasteiger partial charge in [0.25, 0.3) is 0 Å². The van der Waals surface area contributed by atoms with Gasteiger partial charge in [-0.15, -0.1) is 0 Å². The second kappa shape index (κ2) is 7.01. The minimum Gasteiger partial charge on any atom is -0.394 e. The van der Waals surface area contributed by atoms with Crippen molar-refractivity contribution in [2.24, 2.45) is 17.8 Å². The molecular weight excluding hydrogens is 248 g/mol. The molecule has 5 atom stereocenters. The van der Waals surface area contributed by atoms with E-state index in [1.165, 1.54) is 33.1 Å². The number of hydrogen-bond donors (Lipinski definition) is 1. The SMILES string of the molecule is CC.CC(=O)OC(C)=O.OC1OC2CC3CC1C2C3. The van der Waals surface area contributed by atoms with Crippen LogP contribution in [0.1, 0.15) is 47.0 Å². The lowest BCUT2D eigenvalue weighted by Crippen LogP contribution is -2.17. The Labute approximate surface area is 114 Å². The third kappa shape index (κ3) is 4.01. The standard InChI is InChI=1S/C8H12O2.C4H6O3.C2H6/c9-8-6-2-4-1-5(6)7(3-4)10-8;1-3(5)7-4(2)6;1-2/h4-9H,1-3H2;1-2H3;1-2H3. The van der Waals surface area contributed by atoms with Crippen LogP contribution in [-0.2, 0) is 19.1 Å². The molecule has 3 aliphatic rings. The second-order valence-electron chi connectivity index (χ2n) is 5.05. The highest BCUT2D eigenvalue weighted by Gasteiger charge is 2.55. The Hall–Kier alpha value is -0.940. The molecule has 2 bridgehead atoms. The van der Waals surface area contributed by atoms with Crippen LogP contribution in [0.4, 0.5) is 0 Å². The van der Waals surface area contributed by atoms with Gasteiger partial charge in [0.05, 0.1) is 6.10 Å². The molecule has 2 saturated carbocycles. The van der Waals surface area contributed by atoms with Gasteiger partial charge in [-0.05, 0) is 31.1 Å². The molecule has 1 aliphatic heterocycles. The summed E-state index contributed by atoms with van der Waals surface area (Å²) in [6.07, 6.45) is 3.79. The first-order valence-corrected chi connectivity index (χ1v) is 7.00. The van der Waals surface area contributed by atoms with Gasteiger partial charge in [-0.3, -0.25) is 9.59 Å². The van der Waals surface area contributed by atoms with Gasteiger partial charge in [0, 0.05) is 19.8 Å². The van der Waals surface area contributed by atoms with Crippen LogP contribution < -0.4 is 0 Å². The number of aliphatic hydroxyl groups excluding tert-OH is 1. The number of carbonyl (C=O) groups is 2. The fraction of sp³-hybridized carbons (Fsp3) is 0.857. The van der Waals surface area contributed by atoms with Crippen molar-refractivity contribution in [3.8, 4) is 0 Å². The summed E-state index contributed by atoms with van der Waals surface area (Å²) in [5.41, 5.74) is 0. The molecule has 0 amide bonds. The summed E-state index contributed by atoms with van der Waals surface area (Å²) in [6.45, 7) is 6.36. The first-order chi connectivity index (χ1) is 8.97. The van der Waals surface area contributed by atoms with Crippen molar-refractivity contribution < 1.29 is 24.2 Å². The lowest BCUT2D eigenvalue weighted by atomic mass is 9.89. The highest BCUT2D eigenvalue weighted by Crippen LogP contribution is 2.55. The number of aliphatic hydroxyl groups is 1. The molecule has 0 aromatic carbocycles. The molecule has 0 radical (unpaired) electrons. The lowest BCUT2D eigenvalue weighted by molar-refractivity contribution is -0.156. The smallest absolute Gasteiger partial charge is 0.310 e. The molecule has 1 saturated heterocycles. The third-order valence-electron chi connectivity index (χ3n) is 3.77. The molecular formula is C14H24O5. The van der Waals surface area contributed by atoms with Gasteiger partial charge in [-0.25, -0.2) is 0 Å². The molecule has 1 heterocycles. The molecule has 3 fully saturated rings.